The molecule has 1 atom stereocenters. The molecule has 2 rings (SSSR count). The fourth-order valence-corrected chi connectivity index (χ4v) is 4.95. The van der Waals surface area contributed by atoms with Crippen molar-refractivity contribution in [3.05, 3.63) is 12.2 Å². The molecular weight excluding hydrogens is 398 g/mol. The molecular formula is C26H50N5O+. The van der Waals surface area contributed by atoms with Gasteiger partial charge in [-0.3, -0.25) is 9.57 Å². The molecule has 0 fully saturated rings. The van der Waals surface area contributed by atoms with Crippen LogP contribution in [0.15, 0.2) is 17.1 Å². The summed E-state index contributed by atoms with van der Waals surface area (Å²) in [5.41, 5.74) is 9.97. The highest BCUT2D eigenvalue weighted by atomic mass is 16.3. The Kier molecular flexibility index (Phi) is 12.1. The number of aliphatic imine (C=N–C) groups is 1. The molecule has 2 aliphatic rings. The van der Waals surface area contributed by atoms with Crippen LogP contribution in [-0.4, -0.2) is 58.3 Å². The van der Waals surface area contributed by atoms with Crippen molar-refractivity contribution in [2.75, 3.05) is 26.2 Å². The van der Waals surface area contributed by atoms with Crippen molar-refractivity contribution in [1.82, 2.24) is 4.90 Å². The van der Waals surface area contributed by atoms with Gasteiger partial charge in [0.1, 0.15) is 0 Å². The SMILES string of the molecule is CC(C)CCCCCCCCCC[C@@]1(O)C=CC2=[N+](CCCCCN=C(N)N)CCCN21. The van der Waals surface area contributed by atoms with Gasteiger partial charge in [0.25, 0.3) is 5.84 Å². The zero-order chi connectivity index (χ0) is 23.2. The van der Waals surface area contributed by atoms with Gasteiger partial charge in [-0.2, -0.15) is 0 Å². The van der Waals surface area contributed by atoms with E-state index in [1.807, 2.05) is 6.08 Å². The highest BCUT2D eigenvalue weighted by Gasteiger charge is 2.46. The molecule has 0 saturated heterocycles. The number of hydrogen-bond acceptors (Lipinski definition) is 3. The van der Waals surface area contributed by atoms with Crippen molar-refractivity contribution in [3.8, 4) is 0 Å². The molecule has 5 N–H and O–H groups in total. The second-order valence-electron chi connectivity index (χ2n) is 10.2. The van der Waals surface area contributed by atoms with Crippen molar-refractivity contribution >= 4 is 11.8 Å². The van der Waals surface area contributed by atoms with E-state index >= 15 is 0 Å². The standard InChI is InChI=1S/C26H50N5O/c1-23(2)15-10-7-5-3-4-6-8-11-17-26(32)18-16-24-30(21-14-22-31(24)26)20-13-9-12-19-29-25(27)28/h16,18,23,32H,3-15,17,19-22H2,1-2H3,(H4,27,28,29)/q+1/t26-/m1/s1. The van der Waals surface area contributed by atoms with Gasteiger partial charge in [-0.1, -0.05) is 65.2 Å². The molecule has 2 heterocycles. The minimum Gasteiger partial charge on any atom is -0.370 e. The van der Waals surface area contributed by atoms with Crippen molar-refractivity contribution in [3.63, 3.8) is 0 Å². The Bertz CT molecular complexity index is 624. The quantitative estimate of drug-likeness (QED) is 0.133. The first-order valence-electron chi connectivity index (χ1n) is 13.3. The molecule has 0 aromatic heterocycles. The largest absolute Gasteiger partial charge is 0.370 e. The highest BCUT2D eigenvalue weighted by molar-refractivity contribution is 5.92. The summed E-state index contributed by atoms with van der Waals surface area (Å²) in [5.74, 6) is 2.24. The van der Waals surface area contributed by atoms with Crippen molar-refractivity contribution < 1.29 is 9.68 Å². The van der Waals surface area contributed by atoms with E-state index in [-0.39, 0.29) is 5.96 Å². The lowest BCUT2D eigenvalue weighted by molar-refractivity contribution is -0.539. The smallest absolute Gasteiger partial charge is 0.274 e. The molecule has 32 heavy (non-hydrogen) atoms. The Balaban J connectivity index is 1.63. The van der Waals surface area contributed by atoms with E-state index < -0.39 is 5.72 Å². The van der Waals surface area contributed by atoms with Crippen LogP contribution in [0.25, 0.3) is 0 Å². The summed E-state index contributed by atoms with van der Waals surface area (Å²) in [5, 5.41) is 11.3. The van der Waals surface area contributed by atoms with Gasteiger partial charge < -0.3 is 16.6 Å². The van der Waals surface area contributed by atoms with E-state index in [0.717, 1.165) is 64.1 Å². The lowest BCUT2D eigenvalue weighted by atomic mass is 10.0. The van der Waals surface area contributed by atoms with Crippen LogP contribution in [0.5, 0.6) is 0 Å². The molecule has 184 valence electrons. The molecule has 0 amide bonds. The second-order valence-corrected chi connectivity index (χ2v) is 10.2. The lowest BCUT2D eigenvalue weighted by Gasteiger charge is -2.32. The number of nitrogens with zero attached hydrogens (tertiary/aromatic N) is 3. The van der Waals surface area contributed by atoms with Gasteiger partial charge in [0, 0.05) is 25.5 Å². The maximum atomic E-state index is 11.3. The number of hydrogen-bond donors (Lipinski definition) is 3. The van der Waals surface area contributed by atoms with Crippen molar-refractivity contribution in [2.45, 2.75) is 109 Å². The van der Waals surface area contributed by atoms with Gasteiger partial charge in [-0.15, -0.1) is 0 Å². The fourth-order valence-electron chi connectivity index (χ4n) is 4.95. The van der Waals surface area contributed by atoms with Crippen LogP contribution < -0.4 is 11.5 Å². The van der Waals surface area contributed by atoms with Crippen LogP contribution in [0.4, 0.5) is 0 Å². The summed E-state index contributed by atoms with van der Waals surface area (Å²) in [6.45, 7) is 8.41. The van der Waals surface area contributed by atoms with E-state index in [1.165, 1.54) is 57.2 Å². The summed E-state index contributed by atoms with van der Waals surface area (Å²) in [6.07, 6.45) is 21.3. The Labute approximate surface area is 196 Å². The summed E-state index contributed by atoms with van der Waals surface area (Å²) in [7, 11) is 0. The van der Waals surface area contributed by atoms with Gasteiger partial charge in [0.15, 0.2) is 5.96 Å². The number of amidine groups is 1. The number of nitrogens with two attached hydrogens (primary N) is 2. The number of fused-ring (bicyclic) bond motifs is 1. The summed E-state index contributed by atoms with van der Waals surface area (Å²) < 4.78 is 2.44. The van der Waals surface area contributed by atoms with E-state index in [9.17, 15) is 5.11 Å². The van der Waals surface area contributed by atoms with Gasteiger partial charge in [0.05, 0.1) is 19.6 Å². The molecule has 6 nitrogen and oxygen atoms in total. The first kappa shape index (κ1) is 26.7. The molecule has 0 saturated carbocycles. The first-order valence-corrected chi connectivity index (χ1v) is 13.3. The van der Waals surface area contributed by atoms with E-state index in [1.54, 1.807) is 0 Å². The van der Waals surface area contributed by atoms with Gasteiger partial charge in [-0.05, 0) is 37.7 Å². The molecule has 6 heteroatoms. The van der Waals surface area contributed by atoms with Crippen molar-refractivity contribution in [1.29, 1.82) is 0 Å². The van der Waals surface area contributed by atoms with Crippen LogP contribution in [-0.2, 0) is 0 Å². The minimum absolute atomic E-state index is 0.180. The first-order chi connectivity index (χ1) is 15.4. The van der Waals surface area contributed by atoms with Crippen LogP contribution in [0.2, 0.25) is 0 Å². The second kappa shape index (κ2) is 14.6. The third kappa shape index (κ3) is 9.51. The topological polar surface area (TPSA) is 90.9 Å². The molecule has 0 bridgehead atoms. The number of unbranched alkanes of at least 4 members (excludes halogenated alkanes) is 9. The average molecular weight is 449 g/mol. The lowest BCUT2D eigenvalue weighted by Crippen LogP contribution is -2.52. The predicted molar refractivity (Wildman–Crippen MR) is 136 cm³/mol. The summed E-state index contributed by atoms with van der Waals surface area (Å²) in [4.78, 5) is 6.29. The van der Waals surface area contributed by atoms with Gasteiger partial charge in [0.2, 0.25) is 5.72 Å². The normalized spacial score (nSPS) is 20.3. The highest BCUT2D eigenvalue weighted by Crippen LogP contribution is 2.30. The molecule has 0 spiro atoms. The molecule has 2 aliphatic heterocycles. The average Bonchev–Trinajstić information content (AvgIpc) is 3.09. The zero-order valence-electron chi connectivity index (χ0n) is 20.9. The monoisotopic (exact) mass is 448 g/mol. The Morgan fingerprint density at radius 3 is 2.38 bits per heavy atom. The minimum atomic E-state index is -0.780. The number of aliphatic hydroxyl groups is 1. The van der Waals surface area contributed by atoms with Crippen molar-refractivity contribution in [2.24, 2.45) is 22.4 Å². The third-order valence-electron chi connectivity index (χ3n) is 6.83. The Morgan fingerprint density at radius 2 is 1.69 bits per heavy atom. The van der Waals surface area contributed by atoms with E-state index in [2.05, 4.69) is 34.4 Å². The van der Waals surface area contributed by atoms with Crippen LogP contribution in [0.1, 0.15) is 104 Å². The van der Waals surface area contributed by atoms with E-state index in [4.69, 9.17) is 11.5 Å². The maximum absolute atomic E-state index is 11.3. The van der Waals surface area contributed by atoms with Crippen LogP contribution in [0, 0.1) is 5.92 Å². The Hall–Kier alpha value is -1.56. The molecule has 0 aliphatic carbocycles. The number of guanidine groups is 1. The van der Waals surface area contributed by atoms with Crippen LogP contribution in [0.3, 0.4) is 0 Å². The molecule has 0 aromatic carbocycles. The Morgan fingerprint density at radius 1 is 1.03 bits per heavy atom. The van der Waals surface area contributed by atoms with Gasteiger partial charge >= 0.3 is 0 Å². The molecule has 0 radical (unpaired) electrons. The number of rotatable bonds is 17. The molecule has 0 unspecified atom stereocenters. The van der Waals surface area contributed by atoms with Crippen LogP contribution >= 0.6 is 0 Å². The predicted octanol–water partition coefficient (Wildman–Crippen LogP) is 4.36. The summed E-state index contributed by atoms with van der Waals surface area (Å²) >= 11 is 0. The zero-order valence-corrected chi connectivity index (χ0v) is 20.9. The van der Waals surface area contributed by atoms with E-state index in [0.29, 0.717) is 6.54 Å². The van der Waals surface area contributed by atoms with Gasteiger partial charge in [-0.25, -0.2) is 4.90 Å². The fraction of sp³-hybridized carbons (Fsp3) is 0.846. The maximum Gasteiger partial charge on any atom is 0.274 e. The third-order valence-corrected chi connectivity index (χ3v) is 6.83. The summed E-state index contributed by atoms with van der Waals surface area (Å²) in [6, 6.07) is 0. The molecule has 0 aromatic rings.